The Bertz CT molecular complexity index is 291. The minimum Gasteiger partial charge on any atom is -0.392 e. The molecule has 2 fully saturated rings. The molecule has 3 nitrogen and oxygen atoms in total. The highest BCUT2D eigenvalue weighted by molar-refractivity contribution is 4.85. The second kappa shape index (κ2) is 7.09. The molecule has 1 saturated carbocycles. The minimum atomic E-state index is -4.10. The van der Waals surface area contributed by atoms with Crippen LogP contribution < -0.4 is 5.32 Å². The predicted molar refractivity (Wildman–Crippen MR) is 71.5 cm³/mol. The molecule has 1 heterocycles. The zero-order valence-electron chi connectivity index (χ0n) is 11.8. The SMILES string of the molecule is OC1CCCCCC1NC1CCN(CC(F)(F)F)CC1. The van der Waals surface area contributed by atoms with Crippen LogP contribution in [0.2, 0.25) is 0 Å². The average molecular weight is 294 g/mol. The summed E-state index contributed by atoms with van der Waals surface area (Å²) in [5, 5.41) is 13.5. The molecule has 0 aromatic heterocycles. The van der Waals surface area contributed by atoms with Gasteiger partial charge in [-0.3, -0.25) is 4.90 Å². The molecule has 0 radical (unpaired) electrons. The van der Waals surface area contributed by atoms with Crippen LogP contribution >= 0.6 is 0 Å². The van der Waals surface area contributed by atoms with E-state index in [4.69, 9.17) is 0 Å². The van der Waals surface area contributed by atoms with E-state index in [1.807, 2.05) is 0 Å². The fourth-order valence-electron chi connectivity index (χ4n) is 3.30. The lowest BCUT2D eigenvalue weighted by Gasteiger charge is -2.35. The number of aliphatic hydroxyl groups is 1. The van der Waals surface area contributed by atoms with E-state index in [1.165, 1.54) is 11.3 Å². The Morgan fingerprint density at radius 2 is 1.65 bits per heavy atom. The van der Waals surface area contributed by atoms with E-state index in [9.17, 15) is 18.3 Å². The summed E-state index contributed by atoms with van der Waals surface area (Å²) in [6, 6.07) is 0.369. The third kappa shape index (κ3) is 5.22. The number of hydrogen-bond acceptors (Lipinski definition) is 3. The number of piperidine rings is 1. The van der Waals surface area contributed by atoms with Crippen LogP contribution in [-0.2, 0) is 0 Å². The van der Waals surface area contributed by atoms with E-state index in [0.717, 1.165) is 38.5 Å². The number of rotatable bonds is 3. The van der Waals surface area contributed by atoms with Gasteiger partial charge in [0.15, 0.2) is 0 Å². The van der Waals surface area contributed by atoms with Gasteiger partial charge in [0.1, 0.15) is 0 Å². The zero-order valence-corrected chi connectivity index (χ0v) is 11.8. The number of nitrogens with zero attached hydrogens (tertiary/aromatic N) is 1. The lowest BCUT2D eigenvalue weighted by atomic mass is 10.00. The smallest absolute Gasteiger partial charge is 0.392 e. The van der Waals surface area contributed by atoms with Gasteiger partial charge in [-0.15, -0.1) is 0 Å². The first-order valence-corrected chi connectivity index (χ1v) is 7.67. The second-order valence-corrected chi connectivity index (χ2v) is 6.14. The van der Waals surface area contributed by atoms with E-state index >= 15 is 0 Å². The highest BCUT2D eigenvalue weighted by Gasteiger charge is 2.33. The molecule has 0 spiro atoms. The summed E-state index contributed by atoms with van der Waals surface area (Å²) in [6.07, 6.45) is 2.25. The summed E-state index contributed by atoms with van der Waals surface area (Å²) in [5.74, 6) is 0. The van der Waals surface area contributed by atoms with Gasteiger partial charge >= 0.3 is 6.18 Å². The molecule has 0 amide bonds. The van der Waals surface area contributed by atoms with Crippen molar-refractivity contribution in [2.75, 3.05) is 19.6 Å². The predicted octanol–water partition coefficient (Wildman–Crippen LogP) is 2.30. The molecule has 1 aliphatic heterocycles. The number of nitrogens with one attached hydrogen (secondary N) is 1. The maximum absolute atomic E-state index is 12.3. The molecule has 2 atom stereocenters. The Balaban J connectivity index is 1.73. The summed E-state index contributed by atoms with van der Waals surface area (Å²) in [4.78, 5) is 1.47. The first kappa shape index (κ1) is 16.0. The van der Waals surface area contributed by atoms with Crippen LogP contribution in [0.5, 0.6) is 0 Å². The molecule has 0 aromatic carbocycles. The molecule has 6 heteroatoms. The molecular formula is C14H25F3N2O. The number of likely N-dealkylation sites (tertiary alicyclic amines) is 1. The Kier molecular flexibility index (Phi) is 5.69. The Morgan fingerprint density at radius 1 is 1.00 bits per heavy atom. The lowest BCUT2D eigenvalue weighted by Crippen LogP contribution is -2.50. The largest absolute Gasteiger partial charge is 0.401 e. The van der Waals surface area contributed by atoms with Gasteiger partial charge in [0, 0.05) is 12.1 Å². The third-order valence-electron chi connectivity index (χ3n) is 4.42. The molecule has 2 N–H and O–H groups in total. The maximum atomic E-state index is 12.3. The van der Waals surface area contributed by atoms with Gasteiger partial charge in [0.05, 0.1) is 12.6 Å². The van der Waals surface area contributed by atoms with Crippen LogP contribution in [0.4, 0.5) is 13.2 Å². The standard InChI is InChI=1S/C14H25F3N2O/c15-14(16,17)10-19-8-6-11(7-9-19)18-12-4-2-1-3-5-13(12)20/h11-13,18,20H,1-10H2. The van der Waals surface area contributed by atoms with Gasteiger partial charge in [0.25, 0.3) is 0 Å². The lowest BCUT2D eigenvalue weighted by molar-refractivity contribution is -0.148. The summed E-state index contributed by atoms with van der Waals surface area (Å²) in [5.41, 5.74) is 0. The monoisotopic (exact) mass is 294 g/mol. The Hall–Kier alpha value is -0.330. The van der Waals surface area contributed by atoms with Crippen molar-refractivity contribution in [2.24, 2.45) is 0 Å². The van der Waals surface area contributed by atoms with Gasteiger partial charge in [-0.05, 0) is 38.8 Å². The second-order valence-electron chi connectivity index (χ2n) is 6.14. The highest BCUT2D eigenvalue weighted by Crippen LogP contribution is 2.22. The van der Waals surface area contributed by atoms with Crippen LogP contribution in [0, 0.1) is 0 Å². The van der Waals surface area contributed by atoms with Crippen LogP contribution in [0.25, 0.3) is 0 Å². The van der Waals surface area contributed by atoms with Crippen molar-refractivity contribution in [3.63, 3.8) is 0 Å². The van der Waals surface area contributed by atoms with Crippen LogP contribution in [-0.4, -0.2) is 54.0 Å². The average Bonchev–Trinajstić information content (AvgIpc) is 2.56. The summed E-state index contributed by atoms with van der Waals surface area (Å²) in [6.45, 7) is 0.172. The number of aliphatic hydroxyl groups excluding tert-OH is 1. The van der Waals surface area contributed by atoms with E-state index in [1.54, 1.807) is 0 Å². The molecule has 2 rings (SSSR count). The van der Waals surface area contributed by atoms with Crippen LogP contribution in [0.3, 0.4) is 0 Å². The number of hydrogen-bond donors (Lipinski definition) is 2. The van der Waals surface area contributed by atoms with E-state index < -0.39 is 12.7 Å². The summed E-state index contributed by atoms with van der Waals surface area (Å²) < 4.78 is 36.9. The fraction of sp³-hybridized carbons (Fsp3) is 1.00. The molecule has 1 saturated heterocycles. The molecule has 1 aliphatic carbocycles. The summed E-state index contributed by atoms with van der Waals surface area (Å²) >= 11 is 0. The van der Waals surface area contributed by atoms with Gasteiger partial charge < -0.3 is 10.4 Å². The van der Waals surface area contributed by atoms with Crippen LogP contribution in [0.15, 0.2) is 0 Å². The molecule has 2 unspecified atom stereocenters. The normalized spacial score (nSPS) is 31.2. The van der Waals surface area contributed by atoms with Crippen molar-refractivity contribution < 1.29 is 18.3 Å². The summed E-state index contributed by atoms with van der Waals surface area (Å²) in [7, 11) is 0. The van der Waals surface area contributed by atoms with Crippen molar-refractivity contribution in [1.29, 1.82) is 0 Å². The number of alkyl halides is 3. The fourth-order valence-corrected chi connectivity index (χ4v) is 3.30. The Morgan fingerprint density at radius 3 is 2.30 bits per heavy atom. The van der Waals surface area contributed by atoms with Crippen molar-refractivity contribution in [3.05, 3.63) is 0 Å². The molecule has 20 heavy (non-hydrogen) atoms. The molecule has 0 aromatic rings. The first-order chi connectivity index (χ1) is 9.44. The van der Waals surface area contributed by atoms with E-state index in [0.29, 0.717) is 13.1 Å². The molecule has 0 bridgehead atoms. The van der Waals surface area contributed by atoms with Crippen LogP contribution in [0.1, 0.15) is 44.9 Å². The molecule has 118 valence electrons. The highest BCUT2D eigenvalue weighted by atomic mass is 19.4. The quantitative estimate of drug-likeness (QED) is 0.784. The topological polar surface area (TPSA) is 35.5 Å². The van der Waals surface area contributed by atoms with Crippen molar-refractivity contribution in [2.45, 2.75) is 69.3 Å². The minimum absolute atomic E-state index is 0.122. The molecular weight excluding hydrogens is 269 g/mol. The van der Waals surface area contributed by atoms with Gasteiger partial charge in [0.2, 0.25) is 0 Å². The van der Waals surface area contributed by atoms with E-state index in [-0.39, 0.29) is 18.2 Å². The van der Waals surface area contributed by atoms with Gasteiger partial charge in [-0.1, -0.05) is 19.3 Å². The van der Waals surface area contributed by atoms with Gasteiger partial charge in [-0.2, -0.15) is 13.2 Å². The number of halogens is 3. The van der Waals surface area contributed by atoms with Crippen molar-refractivity contribution >= 4 is 0 Å². The van der Waals surface area contributed by atoms with Gasteiger partial charge in [-0.25, -0.2) is 0 Å². The molecule has 2 aliphatic rings. The first-order valence-electron chi connectivity index (χ1n) is 7.67. The Labute approximate surface area is 118 Å². The van der Waals surface area contributed by atoms with E-state index in [2.05, 4.69) is 5.32 Å². The third-order valence-corrected chi connectivity index (χ3v) is 4.42. The van der Waals surface area contributed by atoms with Crippen molar-refractivity contribution in [1.82, 2.24) is 10.2 Å². The maximum Gasteiger partial charge on any atom is 0.401 e. The van der Waals surface area contributed by atoms with Crippen molar-refractivity contribution in [3.8, 4) is 0 Å². The zero-order chi connectivity index (χ0) is 14.6.